The third-order valence-corrected chi connectivity index (χ3v) is 3.54. The van der Waals surface area contributed by atoms with Crippen LogP contribution >= 0.6 is 23.4 Å². The van der Waals surface area contributed by atoms with E-state index in [4.69, 9.17) is 22.1 Å². The molecule has 5 nitrogen and oxygen atoms in total. The summed E-state index contributed by atoms with van der Waals surface area (Å²) in [6.45, 7) is 2.03. The number of nitrogen functional groups attached to an aromatic ring is 1. The van der Waals surface area contributed by atoms with E-state index in [1.54, 1.807) is 19.1 Å². The van der Waals surface area contributed by atoms with Crippen LogP contribution in [0, 0.1) is 0 Å². The zero-order chi connectivity index (χ0) is 14.5. The first-order chi connectivity index (χ1) is 9.61. The number of ether oxygens (including phenoxy) is 1. The molecule has 0 saturated carbocycles. The molecular weight excluding hydrogens is 298 g/mol. The minimum Gasteiger partial charge on any atom is -0.462 e. The van der Waals surface area contributed by atoms with Crippen molar-refractivity contribution in [2.75, 3.05) is 12.3 Å². The Hall–Kier alpha value is -1.79. The van der Waals surface area contributed by atoms with Crippen LogP contribution in [0.1, 0.15) is 17.3 Å². The Morgan fingerprint density at radius 3 is 2.85 bits per heavy atom. The summed E-state index contributed by atoms with van der Waals surface area (Å²) in [5.74, 6) is -0.460. The van der Waals surface area contributed by atoms with Crippen LogP contribution in [0.2, 0.25) is 5.02 Å². The molecule has 2 aromatic heterocycles. The standard InChI is InChI=1S/C13H12ClN3O2S/c1-2-19-13(18)9-5-6-16-12(11(9)15)20-10-4-3-8(14)7-17-10/h3-7H,2,15H2,1H3. The Morgan fingerprint density at radius 2 is 2.20 bits per heavy atom. The van der Waals surface area contributed by atoms with Gasteiger partial charge in [-0.1, -0.05) is 11.6 Å². The van der Waals surface area contributed by atoms with Crippen LogP contribution < -0.4 is 5.73 Å². The van der Waals surface area contributed by atoms with E-state index in [-0.39, 0.29) is 5.69 Å². The van der Waals surface area contributed by atoms with Gasteiger partial charge in [0.2, 0.25) is 0 Å². The van der Waals surface area contributed by atoms with Gasteiger partial charge in [0.15, 0.2) is 0 Å². The van der Waals surface area contributed by atoms with Crippen molar-refractivity contribution in [2.45, 2.75) is 17.0 Å². The van der Waals surface area contributed by atoms with E-state index in [0.29, 0.717) is 27.2 Å². The Kier molecular flexibility index (Phi) is 4.81. The first-order valence-electron chi connectivity index (χ1n) is 5.82. The van der Waals surface area contributed by atoms with Gasteiger partial charge in [0.25, 0.3) is 0 Å². The highest BCUT2D eigenvalue weighted by atomic mass is 35.5. The van der Waals surface area contributed by atoms with Crippen LogP contribution in [0.3, 0.4) is 0 Å². The molecule has 0 fully saturated rings. The van der Waals surface area contributed by atoms with E-state index in [0.717, 1.165) is 0 Å². The van der Waals surface area contributed by atoms with Gasteiger partial charge in [-0.05, 0) is 36.9 Å². The zero-order valence-corrected chi connectivity index (χ0v) is 12.2. The van der Waals surface area contributed by atoms with Crippen molar-refractivity contribution in [1.82, 2.24) is 9.97 Å². The maximum Gasteiger partial charge on any atom is 0.340 e. The van der Waals surface area contributed by atoms with Crippen LogP contribution in [0.25, 0.3) is 0 Å². The SMILES string of the molecule is CCOC(=O)c1ccnc(Sc2ccc(Cl)cn2)c1N. The highest BCUT2D eigenvalue weighted by Crippen LogP contribution is 2.31. The Labute approximate surface area is 125 Å². The van der Waals surface area contributed by atoms with Gasteiger partial charge in [0, 0.05) is 12.4 Å². The lowest BCUT2D eigenvalue weighted by Gasteiger charge is -2.08. The fraction of sp³-hybridized carbons (Fsp3) is 0.154. The first-order valence-corrected chi connectivity index (χ1v) is 7.02. The van der Waals surface area contributed by atoms with E-state index in [9.17, 15) is 4.79 Å². The van der Waals surface area contributed by atoms with Gasteiger partial charge in [-0.3, -0.25) is 0 Å². The molecule has 0 saturated heterocycles. The van der Waals surface area contributed by atoms with E-state index in [1.165, 1.54) is 30.2 Å². The molecule has 0 aliphatic heterocycles. The number of esters is 1. The molecule has 0 amide bonds. The van der Waals surface area contributed by atoms with E-state index >= 15 is 0 Å². The van der Waals surface area contributed by atoms with Crippen molar-refractivity contribution in [3.8, 4) is 0 Å². The number of hydrogen-bond donors (Lipinski definition) is 1. The number of carbonyl (C=O) groups excluding carboxylic acids is 1. The highest BCUT2D eigenvalue weighted by molar-refractivity contribution is 7.99. The predicted octanol–water partition coefficient (Wildman–Crippen LogP) is 3.04. The van der Waals surface area contributed by atoms with Gasteiger partial charge in [-0.25, -0.2) is 14.8 Å². The number of nitrogens with zero attached hydrogens (tertiary/aromatic N) is 2. The van der Waals surface area contributed by atoms with E-state index < -0.39 is 5.97 Å². The molecule has 0 aromatic carbocycles. The zero-order valence-electron chi connectivity index (χ0n) is 10.7. The third-order valence-electron chi connectivity index (χ3n) is 2.35. The van der Waals surface area contributed by atoms with Gasteiger partial charge < -0.3 is 10.5 Å². The van der Waals surface area contributed by atoms with Crippen molar-refractivity contribution in [2.24, 2.45) is 0 Å². The molecule has 0 aliphatic carbocycles. The van der Waals surface area contributed by atoms with Crippen LogP contribution in [0.5, 0.6) is 0 Å². The fourth-order valence-electron chi connectivity index (χ4n) is 1.44. The molecule has 0 aliphatic rings. The second-order valence-electron chi connectivity index (χ2n) is 3.71. The molecule has 0 bridgehead atoms. The Bertz CT molecular complexity index is 620. The summed E-state index contributed by atoms with van der Waals surface area (Å²) >= 11 is 7.03. The van der Waals surface area contributed by atoms with Crippen molar-refractivity contribution >= 4 is 35.0 Å². The third kappa shape index (κ3) is 3.40. The molecular formula is C13H12ClN3O2S. The van der Waals surface area contributed by atoms with Crippen molar-refractivity contribution in [1.29, 1.82) is 0 Å². The van der Waals surface area contributed by atoms with Crippen LogP contribution in [0.4, 0.5) is 5.69 Å². The van der Waals surface area contributed by atoms with Crippen LogP contribution in [0.15, 0.2) is 40.6 Å². The van der Waals surface area contributed by atoms with Gasteiger partial charge in [0.05, 0.1) is 22.9 Å². The number of rotatable bonds is 4. The smallest absolute Gasteiger partial charge is 0.340 e. The molecule has 2 aromatic rings. The van der Waals surface area contributed by atoms with Gasteiger partial charge in [0.1, 0.15) is 10.1 Å². The molecule has 0 unspecified atom stereocenters. The van der Waals surface area contributed by atoms with Gasteiger partial charge in [-0.15, -0.1) is 0 Å². The molecule has 2 rings (SSSR count). The lowest BCUT2D eigenvalue weighted by Crippen LogP contribution is -2.09. The summed E-state index contributed by atoms with van der Waals surface area (Å²) in [5.41, 5.74) is 6.54. The minimum absolute atomic E-state index is 0.285. The molecule has 104 valence electrons. The topological polar surface area (TPSA) is 78.1 Å². The molecule has 0 radical (unpaired) electrons. The molecule has 7 heteroatoms. The lowest BCUT2D eigenvalue weighted by molar-refractivity contribution is 0.0527. The monoisotopic (exact) mass is 309 g/mol. The maximum atomic E-state index is 11.7. The number of carbonyl (C=O) groups is 1. The quantitative estimate of drug-likeness (QED) is 0.875. The summed E-state index contributed by atoms with van der Waals surface area (Å²) < 4.78 is 4.94. The summed E-state index contributed by atoms with van der Waals surface area (Å²) in [5, 5.41) is 1.75. The van der Waals surface area contributed by atoms with Crippen LogP contribution in [-0.2, 0) is 4.74 Å². The molecule has 0 spiro atoms. The van der Waals surface area contributed by atoms with Crippen molar-refractivity contribution < 1.29 is 9.53 Å². The average molecular weight is 310 g/mol. The predicted molar refractivity (Wildman–Crippen MR) is 78.0 cm³/mol. The summed E-state index contributed by atoms with van der Waals surface area (Å²) in [6.07, 6.45) is 3.05. The number of pyridine rings is 2. The number of aromatic nitrogens is 2. The van der Waals surface area contributed by atoms with Crippen LogP contribution in [-0.4, -0.2) is 22.5 Å². The lowest BCUT2D eigenvalue weighted by atomic mass is 10.2. The maximum absolute atomic E-state index is 11.7. The summed E-state index contributed by atoms with van der Waals surface area (Å²) in [4.78, 5) is 20.0. The van der Waals surface area contributed by atoms with E-state index in [1.807, 2.05) is 0 Å². The number of anilines is 1. The van der Waals surface area contributed by atoms with Gasteiger partial charge >= 0.3 is 5.97 Å². The Morgan fingerprint density at radius 1 is 1.40 bits per heavy atom. The van der Waals surface area contributed by atoms with Crippen molar-refractivity contribution in [3.63, 3.8) is 0 Å². The average Bonchev–Trinajstić information content (AvgIpc) is 2.44. The Balaban J connectivity index is 2.26. The first kappa shape index (κ1) is 14.6. The summed E-state index contributed by atoms with van der Waals surface area (Å²) in [6, 6.07) is 5.01. The van der Waals surface area contributed by atoms with Crippen molar-refractivity contribution in [3.05, 3.63) is 41.2 Å². The second kappa shape index (κ2) is 6.58. The fourth-order valence-corrected chi connectivity index (χ4v) is 2.33. The number of halogens is 1. The largest absolute Gasteiger partial charge is 0.462 e. The molecule has 0 atom stereocenters. The summed E-state index contributed by atoms with van der Waals surface area (Å²) in [7, 11) is 0. The second-order valence-corrected chi connectivity index (χ2v) is 5.16. The van der Waals surface area contributed by atoms with Gasteiger partial charge in [-0.2, -0.15) is 0 Å². The molecule has 2 N–H and O–H groups in total. The normalized spacial score (nSPS) is 10.3. The molecule has 20 heavy (non-hydrogen) atoms. The minimum atomic E-state index is -0.460. The molecule has 2 heterocycles. The number of nitrogens with two attached hydrogens (primary N) is 1. The highest BCUT2D eigenvalue weighted by Gasteiger charge is 2.15. The number of hydrogen-bond acceptors (Lipinski definition) is 6. The van der Waals surface area contributed by atoms with E-state index in [2.05, 4.69) is 9.97 Å².